The number of aromatic nitrogens is 1. The quantitative estimate of drug-likeness (QED) is 0.557. The van der Waals surface area contributed by atoms with E-state index in [1.165, 1.54) is 33.9 Å². The summed E-state index contributed by atoms with van der Waals surface area (Å²) in [6.07, 6.45) is 2.70. The van der Waals surface area contributed by atoms with Crippen molar-refractivity contribution in [2.45, 2.75) is 38.4 Å². The predicted octanol–water partition coefficient (Wildman–Crippen LogP) is 2.32. The van der Waals surface area contributed by atoms with Crippen LogP contribution in [0.2, 0.25) is 5.02 Å². The van der Waals surface area contributed by atoms with Crippen LogP contribution in [0.1, 0.15) is 46.7 Å². The normalized spacial score (nSPS) is 20.8. The molecule has 2 heterocycles. The topological polar surface area (TPSA) is 126 Å². The maximum atomic E-state index is 14.2. The molecule has 2 aliphatic rings. The molecule has 1 saturated carbocycles. The van der Waals surface area contributed by atoms with Gasteiger partial charge in [0, 0.05) is 43.1 Å². The molecule has 1 aromatic heterocycles. The van der Waals surface area contributed by atoms with Crippen LogP contribution in [0.25, 0.3) is 0 Å². The molecule has 2 amide bonds. The summed E-state index contributed by atoms with van der Waals surface area (Å²) in [5.41, 5.74) is -2.54. The average molecular weight is 562 g/mol. The van der Waals surface area contributed by atoms with Crippen LogP contribution in [0.15, 0.2) is 29.2 Å². The molecule has 9 nitrogen and oxygen atoms in total. The van der Waals surface area contributed by atoms with Crippen molar-refractivity contribution in [1.82, 2.24) is 14.8 Å². The molecule has 4 rings (SSSR count). The van der Waals surface area contributed by atoms with E-state index in [0.717, 1.165) is 6.26 Å². The van der Waals surface area contributed by atoms with Crippen LogP contribution in [0.5, 0.6) is 5.75 Å². The van der Waals surface area contributed by atoms with Crippen molar-refractivity contribution in [3.63, 3.8) is 0 Å². The zero-order chi connectivity index (χ0) is 25.9. The minimum Gasteiger partial charge on any atom is -0.503 e. The first-order valence-electron chi connectivity index (χ1n) is 11.0. The molecular formula is C23H26Cl2FN3O6S. The van der Waals surface area contributed by atoms with Crippen molar-refractivity contribution >= 4 is 45.7 Å². The van der Waals surface area contributed by atoms with Crippen molar-refractivity contribution in [2.75, 3.05) is 18.6 Å². The fourth-order valence-electron chi connectivity index (χ4n) is 4.71. The lowest BCUT2D eigenvalue weighted by Gasteiger charge is -2.39. The Labute approximate surface area is 218 Å². The number of benzene rings is 1. The van der Waals surface area contributed by atoms with Gasteiger partial charge in [0.05, 0.1) is 16.3 Å². The van der Waals surface area contributed by atoms with E-state index in [-0.39, 0.29) is 59.5 Å². The number of aromatic hydroxyl groups is 1. The Morgan fingerprint density at radius 1 is 1.33 bits per heavy atom. The number of hydrogen-bond donors (Lipinski definition) is 2. The molecule has 1 fully saturated rings. The molecule has 0 radical (unpaired) electrons. The standard InChI is InChI=1S/C23H25ClFN3O6S.ClH/c1-12(2)27-11-23(7-14(23)10-35(3,33)34)28-9-15(19(29)20(30)18(28)22(27)32)21(31)26-8-13-5-4-6-16(24)17(13)25;/h4-6,9,12,14,30H,7-8,10-11H2,1-3H3,(H,26,31);1H/t14-,23-;/m0./s1. The Morgan fingerprint density at radius 2 is 2.00 bits per heavy atom. The molecule has 36 heavy (non-hydrogen) atoms. The average Bonchev–Trinajstić information content (AvgIpc) is 3.43. The maximum Gasteiger partial charge on any atom is 0.274 e. The molecule has 13 heteroatoms. The number of halogens is 3. The summed E-state index contributed by atoms with van der Waals surface area (Å²) in [6, 6.07) is 4.03. The Bertz CT molecular complexity index is 1410. The Hall–Kier alpha value is -2.63. The van der Waals surface area contributed by atoms with Gasteiger partial charge in [-0.2, -0.15) is 0 Å². The second-order valence-electron chi connectivity index (χ2n) is 9.46. The van der Waals surface area contributed by atoms with Crippen molar-refractivity contribution in [3.8, 4) is 5.75 Å². The molecule has 0 saturated heterocycles. The van der Waals surface area contributed by atoms with Crippen LogP contribution >= 0.6 is 24.0 Å². The smallest absolute Gasteiger partial charge is 0.274 e. The minimum absolute atomic E-state index is 0. The van der Waals surface area contributed by atoms with Gasteiger partial charge in [-0.3, -0.25) is 14.4 Å². The van der Waals surface area contributed by atoms with Crippen molar-refractivity contribution in [2.24, 2.45) is 5.92 Å². The van der Waals surface area contributed by atoms with Gasteiger partial charge in [0.25, 0.3) is 11.8 Å². The Kier molecular flexibility index (Phi) is 7.51. The lowest BCUT2D eigenvalue weighted by atomic mass is 10.0. The number of hydrogen-bond acceptors (Lipinski definition) is 6. The third kappa shape index (κ3) is 4.83. The van der Waals surface area contributed by atoms with Gasteiger partial charge in [-0.1, -0.05) is 23.7 Å². The zero-order valence-electron chi connectivity index (χ0n) is 19.7. The predicted molar refractivity (Wildman–Crippen MR) is 134 cm³/mol. The molecule has 1 aliphatic heterocycles. The second-order valence-corrected chi connectivity index (χ2v) is 12.1. The summed E-state index contributed by atoms with van der Waals surface area (Å²) in [5, 5.41) is 13.1. The summed E-state index contributed by atoms with van der Waals surface area (Å²) >= 11 is 5.76. The number of carbonyl (C=O) groups is 2. The fraction of sp³-hybridized carbons (Fsp3) is 0.435. The van der Waals surface area contributed by atoms with E-state index >= 15 is 0 Å². The molecule has 0 bridgehead atoms. The van der Waals surface area contributed by atoms with Gasteiger partial charge < -0.3 is 19.9 Å². The summed E-state index contributed by atoms with van der Waals surface area (Å²) < 4.78 is 39.5. The van der Waals surface area contributed by atoms with E-state index in [9.17, 15) is 32.3 Å². The number of fused-ring (bicyclic) bond motifs is 2. The van der Waals surface area contributed by atoms with E-state index in [1.54, 1.807) is 13.8 Å². The lowest BCUT2D eigenvalue weighted by Crippen LogP contribution is -2.52. The highest BCUT2D eigenvalue weighted by Crippen LogP contribution is 2.54. The van der Waals surface area contributed by atoms with Crippen molar-refractivity contribution in [3.05, 3.63) is 62.3 Å². The highest BCUT2D eigenvalue weighted by Gasteiger charge is 2.61. The van der Waals surface area contributed by atoms with Crippen molar-refractivity contribution < 1.29 is 27.5 Å². The third-order valence-electron chi connectivity index (χ3n) is 6.61. The van der Waals surface area contributed by atoms with E-state index < -0.39 is 49.7 Å². The molecular weight excluding hydrogens is 536 g/mol. The monoisotopic (exact) mass is 561 g/mol. The molecule has 1 spiro atoms. The largest absolute Gasteiger partial charge is 0.503 e. The van der Waals surface area contributed by atoms with Crippen LogP contribution in [-0.2, 0) is 21.9 Å². The van der Waals surface area contributed by atoms with Crippen LogP contribution < -0.4 is 10.7 Å². The molecule has 1 aliphatic carbocycles. The first kappa shape index (κ1) is 27.9. The van der Waals surface area contributed by atoms with Crippen LogP contribution in [0.4, 0.5) is 4.39 Å². The number of pyridine rings is 1. The first-order chi connectivity index (χ1) is 16.3. The summed E-state index contributed by atoms with van der Waals surface area (Å²) in [4.78, 5) is 40.4. The molecule has 2 aromatic rings. The van der Waals surface area contributed by atoms with Gasteiger partial charge in [-0.05, 0) is 26.3 Å². The highest BCUT2D eigenvalue weighted by atomic mass is 35.5. The maximum absolute atomic E-state index is 14.2. The third-order valence-corrected chi connectivity index (χ3v) is 7.91. The fourth-order valence-corrected chi connectivity index (χ4v) is 6.06. The Morgan fingerprint density at radius 3 is 2.61 bits per heavy atom. The van der Waals surface area contributed by atoms with Gasteiger partial charge in [0.2, 0.25) is 5.43 Å². The number of amides is 2. The van der Waals surface area contributed by atoms with Gasteiger partial charge in [-0.15, -0.1) is 12.4 Å². The van der Waals surface area contributed by atoms with Gasteiger partial charge in [0.15, 0.2) is 11.4 Å². The molecule has 2 N–H and O–H groups in total. The van der Waals surface area contributed by atoms with E-state index in [1.807, 2.05) is 0 Å². The molecule has 2 atom stereocenters. The number of nitrogens with zero attached hydrogens (tertiary/aromatic N) is 2. The molecule has 1 aromatic carbocycles. The number of sulfone groups is 1. The first-order valence-corrected chi connectivity index (χ1v) is 13.4. The zero-order valence-corrected chi connectivity index (χ0v) is 22.1. The van der Waals surface area contributed by atoms with E-state index in [2.05, 4.69) is 5.32 Å². The van der Waals surface area contributed by atoms with Gasteiger partial charge in [0.1, 0.15) is 21.2 Å². The van der Waals surface area contributed by atoms with Gasteiger partial charge in [-0.25, -0.2) is 12.8 Å². The molecule has 0 unspecified atom stereocenters. The Balaban J connectivity index is 0.00000361. The second kappa shape index (κ2) is 9.68. The van der Waals surface area contributed by atoms with Crippen molar-refractivity contribution in [1.29, 1.82) is 0 Å². The summed E-state index contributed by atoms with van der Waals surface area (Å²) in [6.45, 7) is 3.46. The van der Waals surface area contributed by atoms with Crippen LogP contribution in [-0.4, -0.2) is 59.4 Å². The van der Waals surface area contributed by atoms with Gasteiger partial charge >= 0.3 is 0 Å². The number of rotatable bonds is 6. The number of nitrogens with one attached hydrogen (secondary N) is 1. The van der Waals surface area contributed by atoms with E-state index in [4.69, 9.17) is 11.6 Å². The molecule has 196 valence electrons. The lowest BCUT2D eigenvalue weighted by molar-refractivity contribution is 0.0566. The summed E-state index contributed by atoms with van der Waals surface area (Å²) in [7, 11) is -3.35. The van der Waals surface area contributed by atoms with Crippen LogP contribution in [0, 0.1) is 11.7 Å². The minimum atomic E-state index is -3.35. The SMILES string of the molecule is CC(C)N1C[C@]2(C[C@H]2CS(C)(=O)=O)n2cc(C(=O)NCc3cccc(Cl)c3F)c(=O)c(O)c2C1=O.Cl. The number of carbonyl (C=O) groups excluding carboxylic acids is 2. The highest BCUT2D eigenvalue weighted by molar-refractivity contribution is 7.90. The van der Waals surface area contributed by atoms with Crippen LogP contribution in [0.3, 0.4) is 0 Å². The van der Waals surface area contributed by atoms with E-state index in [0.29, 0.717) is 6.42 Å². The summed E-state index contributed by atoms with van der Waals surface area (Å²) in [5.74, 6) is -3.57.